The molecule has 4 aromatic carbocycles. The molecule has 1 aliphatic rings. The number of ether oxygens (including phenoxy) is 1. The van der Waals surface area contributed by atoms with Gasteiger partial charge in [-0.2, -0.15) is 0 Å². The summed E-state index contributed by atoms with van der Waals surface area (Å²) in [5.41, 5.74) is 5.34. The molecule has 34 heavy (non-hydrogen) atoms. The molecule has 0 amide bonds. The maximum Gasteiger partial charge on any atom is 0.135 e. The standard InChI is InChI=1S/C29H24O5/c1-17-10-19(12-23(31)11-17)3-2-18-4-9-27-26(13-18)28(21-14-24(32)16-25(33)15-21)29(34-27)20-5-7-22(30)8-6-20/h2-16,28-33H,1H3/b3-2+/t28-,29+/m1/s1. The summed E-state index contributed by atoms with van der Waals surface area (Å²) >= 11 is 0. The van der Waals surface area contributed by atoms with Crippen LogP contribution in [0.15, 0.2) is 78.9 Å². The third-order valence-corrected chi connectivity index (χ3v) is 5.98. The van der Waals surface area contributed by atoms with Crippen molar-refractivity contribution in [2.24, 2.45) is 0 Å². The highest BCUT2D eigenvalue weighted by Crippen LogP contribution is 2.51. The summed E-state index contributed by atoms with van der Waals surface area (Å²) in [5, 5.41) is 39.9. The highest BCUT2D eigenvalue weighted by Gasteiger charge is 2.37. The van der Waals surface area contributed by atoms with Gasteiger partial charge in [-0.05, 0) is 83.3 Å². The lowest BCUT2D eigenvalue weighted by atomic mass is 9.84. The van der Waals surface area contributed by atoms with Crippen molar-refractivity contribution in [2.75, 3.05) is 0 Å². The van der Waals surface area contributed by atoms with Gasteiger partial charge in [-0.3, -0.25) is 0 Å². The molecule has 5 rings (SSSR count). The minimum absolute atomic E-state index is 0.0248. The van der Waals surface area contributed by atoms with Crippen molar-refractivity contribution in [1.82, 2.24) is 0 Å². The quantitative estimate of drug-likeness (QED) is 0.275. The molecular weight excluding hydrogens is 428 g/mol. The van der Waals surface area contributed by atoms with E-state index in [1.54, 1.807) is 36.4 Å². The molecule has 2 atom stereocenters. The summed E-state index contributed by atoms with van der Waals surface area (Å²) in [5.74, 6) is 0.777. The van der Waals surface area contributed by atoms with Crippen LogP contribution in [0.4, 0.5) is 0 Å². The monoisotopic (exact) mass is 452 g/mol. The van der Waals surface area contributed by atoms with Crippen LogP contribution in [-0.4, -0.2) is 20.4 Å². The van der Waals surface area contributed by atoms with Crippen LogP contribution in [0, 0.1) is 6.92 Å². The van der Waals surface area contributed by atoms with Gasteiger partial charge >= 0.3 is 0 Å². The van der Waals surface area contributed by atoms with Gasteiger partial charge in [-0.25, -0.2) is 0 Å². The lowest BCUT2D eigenvalue weighted by molar-refractivity contribution is 0.222. The molecule has 0 fully saturated rings. The molecule has 0 spiro atoms. The van der Waals surface area contributed by atoms with Crippen molar-refractivity contribution in [2.45, 2.75) is 18.9 Å². The summed E-state index contributed by atoms with van der Waals surface area (Å²) < 4.78 is 6.33. The highest BCUT2D eigenvalue weighted by molar-refractivity contribution is 5.72. The van der Waals surface area contributed by atoms with E-state index >= 15 is 0 Å². The average Bonchev–Trinajstić information content (AvgIpc) is 3.15. The van der Waals surface area contributed by atoms with E-state index in [2.05, 4.69) is 0 Å². The molecule has 1 aliphatic heterocycles. The zero-order valence-electron chi connectivity index (χ0n) is 18.5. The minimum Gasteiger partial charge on any atom is -0.508 e. The van der Waals surface area contributed by atoms with Gasteiger partial charge < -0.3 is 25.2 Å². The third kappa shape index (κ3) is 4.28. The van der Waals surface area contributed by atoms with E-state index in [4.69, 9.17) is 4.74 Å². The minimum atomic E-state index is -0.398. The van der Waals surface area contributed by atoms with Crippen LogP contribution >= 0.6 is 0 Å². The molecule has 0 unspecified atom stereocenters. The van der Waals surface area contributed by atoms with Crippen LogP contribution in [0.3, 0.4) is 0 Å². The lowest BCUT2D eigenvalue weighted by Crippen LogP contribution is -2.11. The Labute approximate surface area is 197 Å². The third-order valence-electron chi connectivity index (χ3n) is 5.98. The Bertz CT molecular complexity index is 1350. The van der Waals surface area contributed by atoms with Crippen molar-refractivity contribution in [3.05, 3.63) is 112 Å². The van der Waals surface area contributed by atoms with E-state index in [1.807, 2.05) is 55.5 Å². The van der Waals surface area contributed by atoms with Gasteiger partial charge in [0.1, 0.15) is 34.9 Å². The second-order valence-electron chi connectivity index (χ2n) is 8.62. The van der Waals surface area contributed by atoms with Crippen LogP contribution in [0.5, 0.6) is 28.7 Å². The van der Waals surface area contributed by atoms with E-state index in [1.165, 1.54) is 6.07 Å². The maximum absolute atomic E-state index is 10.1. The van der Waals surface area contributed by atoms with Crippen molar-refractivity contribution in [1.29, 1.82) is 0 Å². The Morgan fingerprint density at radius 2 is 1.29 bits per heavy atom. The molecule has 0 aromatic heterocycles. The molecule has 5 nitrogen and oxygen atoms in total. The molecular formula is C29H24O5. The smallest absolute Gasteiger partial charge is 0.135 e. The summed E-state index contributed by atoms with van der Waals surface area (Å²) in [6.45, 7) is 1.93. The molecule has 5 heteroatoms. The van der Waals surface area contributed by atoms with Crippen LogP contribution in [0.2, 0.25) is 0 Å². The Hall–Kier alpha value is -4.38. The van der Waals surface area contributed by atoms with Crippen LogP contribution in [-0.2, 0) is 0 Å². The van der Waals surface area contributed by atoms with Gasteiger partial charge in [-0.15, -0.1) is 0 Å². The molecule has 0 saturated carbocycles. The van der Waals surface area contributed by atoms with E-state index < -0.39 is 6.10 Å². The second kappa shape index (κ2) is 8.52. The number of phenolic OH excluding ortho intramolecular Hbond substituents is 4. The topological polar surface area (TPSA) is 90.2 Å². The SMILES string of the molecule is Cc1cc(O)cc(/C=C/c2ccc3c(c2)[C@@H](c2cc(O)cc(O)c2)[C@H](c2ccc(O)cc2)O3)c1. The summed E-state index contributed by atoms with van der Waals surface area (Å²) in [6, 6.07) is 22.7. The predicted octanol–water partition coefficient (Wildman–Crippen LogP) is 6.25. The average molecular weight is 453 g/mol. The van der Waals surface area contributed by atoms with Crippen molar-refractivity contribution >= 4 is 12.2 Å². The van der Waals surface area contributed by atoms with Gasteiger partial charge in [0.25, 0.3) is 0 Å². The van der Waals surface area contributed by atoms with Crippen molar-refractivity contribution < 1.29 is 25.2 Å². The number of hydrogen-bond donors (Lipinski definition) is 4. The van der Waals surface area contributed by atoms with Gasteiger partial charge in [0.15, 0.2) is 0 Å². The van der Waals surface area contributed by atoms with E-state index in [0.717, 1.165) is 39.1 Å². The second-order valence-corrected chi connectivity index (χ2v) is 8.62. The van der Waals surface area contributed by atoms with E-state index in [-0.39, 0.29) is 28.9 Å². The van der Waals surface area contributed by atoms with E-state index in [0.29, 0.717) is 0 Å². The van der Waals surface area contributed by atoms with Gasteiger partial charge in [0.05, 0.1) is 5.92 Å². The van der Waals surface area contributed by atoms with Gasteiger partial charge in [0.2, 0.25) is 0 Å². The lowest BCUT2D eigenvalue weighted by Gasteiger charge is -2.20. The fraction of sp³-hybridized carbons (Fsp3) is 0.103. The Balaban J connectivity index is 1.57. The fourth-order valence-electron chi connectivity index (χ4n) is 4.55. The van der Waals surface area contributed by atoms with Crippen LogP contribution in [0.1, 0.15) is 45.4 Å². The van der Waals surface area contributed by atoms with Gasteiger partial charge in [-0.1, -0.05) is 36.4 Å². The Kier molecular flexibility index (Phi) is 5.38. The first-order valence-corrected chi connectivity index (χ1v) is 11.0. The van der Waals surface area contributed by atoms with Crippen LogP contribution < -0.4 is 4.74 Å². The number of aromatic hydroxyl groups is 4. The van der Waals surface area contributed by atoms with Crippen LogP contribution in [0.25, 0.3) is 12.2 Å². The number of hydrogen-bond acceptors (Lipinski definition) is 5. The summed E-state index contributed by atoms with van der Waals surface area (Å²) in [6.07, 6.45) is 3.51. The predicted molar refractivity (Wildman–Crippen MR) is 131 cm³/mol. The van der Waals surface area contributed by atoms with Crippen molar-refractivity contribution in [3.8, 4) is 28.7 Å². The first kappa shape index (κ1) is 21.5. The molecule has 0 saturated heterocycles. The largest absolute Gasteiger partial charge is 0.508 e. The fourth-order valence-corrected chi connectivity index (χ4v) is 4.55. The number of benzene rings is 4. The number of fused-ring (bicyclic) bond motifs is 1. The molecule has 4 aromatic rings. The highest BCUT2D eigenvalue weighted by atomic mass is 16.5. The zero-order valence-corrected chi connectivity index (χ0v) is 18.5. The molecule has 170 valence electrons. The van der Waals surface area contributed by atoms with Gasteiger partial charge in [0, 0.05) is 11.6 Å². The number of rotatable bonds is 4. The molecule has 1 heterocycles. The normalized spacial score (nSPS) is 17.0. The number of aryl methyl sites for hydroxylation is 1. The zero-order chi connectivity index (χ0) is 23.8. The molecule has 0 radical (unpaired) electrons. The molecule has 0 bridgehead atoms. The molecule has 4 N–H and O–H groups in total. The summed E-state index contributed by atoms with van der Waals surface area (Å²) in [4.78, 5) is 0. The Morgan fingerprint density at radius 3 is 2.00 bits per heavy atom. The summed E-state index contributed by atoms with van der Waals surface area (Å²) in [7, 11) is 0. The first-order chi connectivity index (χ1) is 16.4. The van der Waals surface area contributed by atoms with E-state index in [9.17, 15) is 20.4 Å². The maximum atomic E-state index is 10.1. The molecule has 0 aliphatic carbocycles. The van der Waals surface area contributed by atoms with Crippen molar-refractivity contribution in [3.63, 3.8) is 0 Å². The number of phenols is 4. The Morgan fingerprint density at radius 1 is 0.618 bits per heavy atom. The first-order valence-electron chi connectivity index (χ1n) is 11.0.